The Bertz CT molecular complexity index is 424. The molecule has 1 heterocycles. The molecule has 0 unspecified atom stereocenters. The highest BCUT2D eigenvalue weighted by atomic mass is 35.5. The maximum absolute atomic E-state index is 13.0. The summed E-state index contributed by atoms with van der Waals surface area (Å²) >= 11 is 11.7. The van der Waals surface area contributed by atoms with Gasteiger partial charge < -0.3 is 10.2 Å². The molecular weight excluding hydrogens is 266 g/mol. The number of nitrogens with zero attached hydrogens (tertiary/aromatic N) is 1. The lowest BCUT2D eigenvalue weighted by molar-refractivity contribution is 0.222. The monoisotopic (exact) mass is 276 g/mol. The van der Waals surface area contributed by atoms with Gasteiger partial charge in [0.25, 0.3) is 0 Å². The van der Waals surface area contributed by atoms with Crippen LogP contribution < -0.4 is 5.32 Å². The molecule has 1 aliphatic rings. The average Bonchev–Trinajstić information content (AvgIpc) is 2.76. The number of carbonyl (C=O) groups excluding carboxylic acids is 1. The van der Waals surface area contributed by atoms with Gasteiger partial charge in [-0.05, 0) is 25.0 Å². The highest BCUT2D eigenvalue weighted by Crippen LogP contribution is 2.31. The van der Waals surface area contributed by atoms with Crippen LogP contribution in [0.2, 0.25) is 10.0 Å². The maximum atomic E-state index is 13.0. The molecular formula is C11H11Cl2FN2O. The molecule has 6 heteroatoms. The molecule has 1 aromatic carbocycles. The van der Waals surface area contributed by atoms with Gasteiger partial charge in [0.05, 0.1) is 15.7 Å². The van der Waals surface area contributed by atoms with Gasteiger partial charge in [0.1, 0.15) is 5.82 Å². The lowest BCUT2D eigenvalue weighted by Crippen LogP contribution is -2.32. The van der Waals surface area contributed by atoms with Gasteiger partial charge in [-0.2, -0.15) is 0 Å². The normalized spacial score (nSPS) is 15.1. The van der Waals surface area contributed by atoms with Crippen LogP contribution in [0.4, 0.5) is 14.9 Å². The van der Waals surface area contributed by atoms with Gasteiger partial charge in [0.2, 0.25) is 0 Å². The van der Waals surface area contributed by atoms with Gasteiger partial charge in [-0.1, -0.05) is 23.2 Å². The molecule has 0 spiro atoms. The first-order valence-electron chi connectivity index (χ1n) is 5.28. The minimum atomic E-state index is -0.529. The van der Waals surface area contributed by atoms with E-state index >= 15 is 0 Å². The van der Waals surface area contributed by atoms with Gasteiger partial charge >= 0.3 is 6.03 Å². The molecule has 1 N–H and O–H groups in total. The molecule has 0 radical (unpaired) electrons. The minimum absolute atomic E-state index is 0.0996. The van der Waals surface area contributed by atoms with Crippen molar-refractivity contribution in [3.63, 3.8) is 0 Å². The zero-order valence-electron chi connectivity index (χ0n) is 8.97. The molecule has 0 saturated carbocycles. The van der Waals surface area contributed by atoms with Crippen LogP contribution in [0, 0.1) is 5.82 Å². The van der Waals surface area contributed by atoms with Crippen molar-refractivity contribution in [2.45, 2.75) is 12.8 Å². The Hall–Kier alpha value is -1.00. The number of hydrogen-bond acceptors (Lipinski definition) is 1. The van der Waals surface area contributed by atoms with Crippen LogP contribution in [0.25, 0.3) is 0 Å². The van der Waals surface area contributed by atoms with Gasteiger partial charge in [-0.25, -0.2) is 9.18 Å². The fraction of sp³-hybridized carbons (Fsp3) is 0.364. The number of likely N-dealkylation sites (tertiary alicyclic amines) is 1. The van der Waals surface area contributed by atoms with Gasteiger partial charge in [0, 0.05) is 13.1 Å². The van der Waals surface area contributed by atoms with Crippen molar-refractivity contribution < 1.29 is 9.18 Å². The second-order valence-corrected chi connectivity index (χ2v) is 4.68. The lowest BCUT2D eigenvalue weighted by Gasteiger charge is -2.17. The van der Waals surface area contributed by atoms with Gasteiger partial charge in [-0.15, -0.1) is 0 Å². The number of anilines is 1. The summed E-state index contributed by atoms with van der Waals surface area (Å²) in [7, 11) is 0. The molecule has 0 bridgehead atoms. The van der Waals surface area contributed by atoms with Crippen LogP contribution >= 0.6 is 23.2 Å². The van der Waals surface area contributed by atoms with Gasteiger partial charge in [-0.3, -0.25) is 0 Å². The summed E-state index contributed by atoms with van der Waals surface area (Å²) in [5.74, 6) is -0.529. The van der Waals surface area contributed by atoms with E-state index in [2.05, 4.69) is 5.32 Å². The molecule has 1 saturated heterocycles. The maximum Gasteiger partial charge on any atom is 0.321 e. The summed E-state index contributed by atoms with van der Waals surface area (Å²) in [5, 5.41) is 2.80. The Morgan fingerprint density at radius 1 is 1.24 bits per heavy atom. The van der Waals surface area contributed by atoms with Crippen molar-refractivity contribution in [2.24, 2.45) is 0 Å². The van der Waals surface area contributed by atoms with Crippen molar-refractivity contribution in [3.8, 4) is 0 Å². The van der Waals surface area contributed by atoms with Crippen LogP contribution in [0.5, 0.6) is 0 Å². The topological polar surface area (TPSA) is 32.3 Å². The number of urea groups is 1. The molecule has 0 atom stereocenters. The molecule has 3 nitrogen and oxygen atoms in total. The van der Waals surface area contributed by atoms with E-state index in [-0.39, 0.29) is 21.8 Å². The molecule has 1 aromatic rings. The Morgan fingerprint density at radius 3 is 2.29 bits per heavy atom. The summed E-state index contributed by atoms with van der Waals surface area (Å²) in [6.07, 6.45) is 2.00. The van der Waals surface area contributed by atoms with E-state index in [0.717, 1.165) is 38.1 Å². The largest absolute Gasteiger partial charge is 0.325 e. The first-order chi connectivity index (χ1) is 8.08. The fourth-order valence-electron chi connectivity index (χ4n) is 1.77. The summed E-state index contributed by atoms with van der Waals surface area (Å²) in [4.78, 5) is 13.5. The standard InChI is InChI=1S/C11H11Cl2FN2O/c12-8-5-7(14)6-9(13)10(8)15-11(17)16-3-1-2-4-16/h5-6H,1-4H2,(H,15,17). The minimum Gasteiger partial charge on any atom is -0.325 e. The zero-order chi connectivity index (χ0) is 12.4. The van der Waals surface area contributed by atoms with E-state index in [1.165, 1.54) is 0 Å². The number of amides is 2. The number of carbonyl (C=O) groups is 1. The molecule has 92 valence electrons. The Labute approximate surface area is 108 Å². The SMILES string of the molecule is O=C(Nc1c(Cl)cc(F)cc1Cl)N1CCCC1. The first kappa shape index (κ1) is 12.5. The number of halogens is 3. The fourth-order valence-corrected chi connectivity index (χ4v) is 2.32. The summed E-state index contributed by atoms with van der Waals surface area (Å²) in [6.45, 7) is 1.45. The third-order valence-corrected chi connectivity index (χ3v) is 3.23. The van der Waals surface area contributed by atoms with E-state index in [9.17, 15) is 9.18 Å². The Kier molecular flexibility index (Phi) is 3.74. The van der Waals surface area contributed by atoms with Crippen molar-refractivity contribution in [1.29, 1.82) is 0 Å². The number of hydrogen-bond donors (Lipinski definition) is 1. The highest BCUT2D eigenvalue weighted by molar-refractivity contribution is 6.39. The van der Waals surface area contributed by atoms with Crippen molar-refractivity contribution in [3.05, 3.63) is 28.0 Å². The zero-order valence-corrected chi connectivity index (χ0v) is 10.5. The summed E-state index contributed by atoms with van der Waals surface area (Å²) in [6, 6.07) is 1.98. The van der Waals surface area contributed by atoms with E-state index in [0.29, 0.717) is 0 Å². The van der Waals surface area contributed by atoms with Gasteiger partial charge in [0.15, 0.2) is 0 Å². The molecule has 2 rings (SSSR count). The number of benzene rings is 1. The Morgan fingerprint density at radius 2 is 1.76 bits per heavy atom. The number of rotatable bonds is 1. The van der Waals surface area contributed by atoms with Crippen LogP contribution in [0.1, 0.15) is 12.8 Å². The second kappa shape index (κ2) is 5.10. The van der Waals surface area contributed by atoms with Crippen LogP contribution in [0.3, 0.4) is 0 Å². The number of nitrogens with one attached hydrogen (secondary N) is 1. The molecule has 0 aliphatic carbocycles. The predicted molar refractivity (Wildman–Crippen MR) is 66.2 cm³/mol. The molecule has 17 heavy (non-hydrogen) atoms. The van der Waals surface area contributed by atoms with E-state index < -0.39 is 5.82 Å². The smallest absolute Gasteiger partial charge is 0.321 e. The molecule has 2 amide bonds. The van der Waals surface area contributed by atoms with E-state index in [1.807, 2.05) is 0 Å². The van der Waals surface area contributed by atoms with Crippen LogP contribution in [-0.4, -0.2) is 24.0 Å². The first-order valence-corrected chi connectivity index (χ1v) is 6.04. The third-order valence-electron chi connectivity index (χ3n) is 2.63. The third kappa shape index (κ3) is 2.82. The predicted octanol–water partition coefficient (Wildman–Crippen LogP) is 3.76. The Balaban J connectivity index is 2.15. The summed E-state index contributed by atoms with van der Waals surface area (Å²) in [5.41, 5.74) is 0.256. The lowest BCUT2D eigenvalue weighted by atomic mass is 10.3. The molecule has 1 fully saturated rings. The van der Waals surface area contributed by atoms with Crippen LogP contribution in [-0.2, 0) is 0 Å². The molecule has 1 aliphatic heterocycles. The van der Waals surface area contributed by atoms with E-state index in [4.69, 9.17) is 23.2 Å². The molecule has 0 aromatic heterocycles. The quantitative estimate of drug-likeness (QED) is 0.832. The average molecular weight is 277 g/mol. The van der Waals surface area contributed by atoms with Crippen molar-refractivity contribution in [2.75, 3.05) is 18.4 Å². The van der Waals surface area contributed by atoms with E-state index in [1.54, 1.807) is 4.90 Å². The summed E-state index contributed by atoms with van der Waals surface area (Å²) < 4.78 is 13.0. The van der Waals surface area contributed by atoms with Crippen LogP contribution in [0.15, 0.2) is 12.1 Å². The van der Waals surface area contributed by atoms with Crippen molar-refractivity contribution in [1.82, 2.24) is 4.90 Å². The van der Waals surface area contributed by atoms with Crippen molar-refractivity contribution >= 4 is 34.9 Å². The highest BCUT2D eigenvalue weighted by Gasteiger charge is 2.20. The second-order valence-electron chi connectivity index (χ2n) is 3.87.